The second-order valence-electron chi connectivity index (χ2n) is 12.2. The Kier molecular flexibility index (Phi) is 5.42. The number of fused-ring (bicyclic) bond motifs is 2. The van der Waals surface area contributed by atoms with Gasteiger partial charge in [-0.25, -0.2) is 0 Å². The number of rotatable bonds is 7. The van der Waals surface area contributed by atoms with Crippen LogP contribution in [0.25, 0.3) is 0 Å². The molecular formula is C26H43NO8. The number of piperidine rings is 1. The van der Waals surface area contributed by atoms with Gasteiger partial charge >= 0.3 is 0 Å². The molecule has 6 rings (SSSR count). The minimum absolute atomic E-state index is 0.0342. The number of likely N-dealkylation sites (tertiary alicyclic amines) is 1. The largest absolute Gasteiger partial charge is 0.396 e. The number of methoxy groups -OCH3 is 5. The van der Waals surface area contributed by atoms with E-state index in [-0.39, 0.29) is 36.8 Å². The number of likely N-dealkylation sites (N-methyl/N-ethyl adjacent to an activating group) is 1. The number of ether oxygens (including phenoxy) is 5. The monoisotopic (exact) mass is 497 g/mol. The summed E-state index contributed by atoms with van der Waals surface area (Å²) in [6, 6.07) is -0.465. The number of aliphatic hydroxyl groups is 3. The number of hydrogen-bond acceptors (Lipinski definition) is 9. The molecule has 9 heteroatoms. The lowest BCUT2D eigenvalue weighted by atomic mass is 9.41. The SMILES string of the molecule is CCN1C[C@]2(CO)CCC(OC)C34C1C(O)(C(OC)C32)[C@@]1(OC)C[C@H](OC)C2C[C@]4(O)C1C2OC. The molecule has 9 nitrogen and oxygen atoms in total. The van der Waals surface area contributed by atoms with Crippen molar-refractivity contribution >= 4 is 0 Å². The van der Waals surface area contributed by atoms with Gasteiger partial charge in [0.05, 0.1) is 48.1 Å². The molecule has 0 amide bonds. The van der Waals surface area contributed by atoms with Gasteiger partial charge in [-0.05, 0) is 25.8 Å². The van der Waals surface area contributed by atoms with Crippen molar-refractivity contribution in [3.05, 3.63) is 0 Å². The van der Waals surface area contributed by atoms with Crippen molar-refractivity contribution in [2.45, 2.75) is 79.9 Å². The predicted octanol–water partition coefficient (Wildman–Crippen LogP) is 0.0400. The van der Waals surface area contributed by atoms with E-state index in [9.17, 15) is 15.3 Å². The number of hydrogen-bond donors (Lipinski definition) is 3. The zero-order chi connectivity index (χ0) is 25.2. The van der Waals surface area contributed by atoms with E-state index in [1.165, 1.54) is 0 Å². The van der Waals surface area contributed by atoms with E-state index in [1.54, 1.807) is 35.5 Å². The average Bonchev–Trinajstić information content (AvgIpc) is 3.22. The molecule has 1 saturated heterocycles. The van der Waals surface area contributed by atoms with Crippen LogP contribution in [0.3, 0.4) is 0 Å². The maximum Gasteiger partial charge on any atom is 0.136 e. The van der Waals surface area contributed by atoms with E-state index in [0.29, 0.717) is 32.4 Å². The Morgan fingerprint density at radius 1 is 0.943 bits per heavy atom. The van der Waals surface area contributed by atoms with Gasteiger partial charge in [-0.2, -0.15) is 0 Å². The summed E-state index contributed by atoms with van der Waals surface area (Å²) in [4.78, 5) is 2.28. The van der Waals surface area contributed by atoms with Crippen LogP contribution in [-0.2, 0) is 23.7 Å². The molecule has 0 radical (unpaired) electrons. The molecule has 6 fully saturated rings. The molecule has 5 saturated carbocycles. The topological polar surface area (TPSA) is 110 Å². The minimum Gasteiger partial charge on any atom is -0.396 e. The van der Waals surface area contributed by atoms with Crippen LogP contribution in [0, 0.1) is 28.6 Å². The van der Waals surface area contributed by atoms with Gasteiger partial charge in [0, 0.05) is 71.7 Å². The number of nitrogens with zero attached hydrogens (tertiary/aromatic N) is 1. The molecule has 0 aromatic rings. The molecule has 5 aliphatic carbocycles. The molecule has 1 spiro atoms. The van der Waals surface area contributed by atoms with Gasteiger partial charge in [0.15, 0.2) is 0 Å². The highest BCUT2D eigenvalue weighted by Crippen LogP contribution is 2.82. The van der Waals surface area contributed by atoms with E-state index in [0.717, 1.165) is 6.42 Å². The Labute approximate surface area is 208 Å². The van der Waals surface area contributed by atoms with Crippen molar-refractivity contribution in [2.75, 3.05) is 55.2 Å². The van der Waals surface area contributed by atoms with Crippen LogP contribution in [0.2, 0.25) is 0 Å². The van der Waals surface area contributed by atoms with E-state index < -0.39 is 45.7 Å². The lowest BCUT2D eigenvalue weighted by Crippen LogP contribution is -2.86. The summed E-state index contributed by atoms with van der Waals surface area (Å²) in [5, 5.41) is 37.6. The smallest absolute Gasteiger partial charge is 0.136 e. The summed E-state index contributed by atoms with van der Waals surface area (Å²) in [5.41, 5.74) is -5.31. The first-order valence-corrected chi connectivity index (χ1v) is 13.2. The van der Waals surface area contributed by atoms with Crippen LogP contribution in [0.5, 0.6) is 0 Å². The quantitative estimate of drug-likeness (QED) is 0.449. The van der Waals surface area contributed by atoms with Gasteiger partial charge in [-0.3, -0.25) is 4.90 Å². The number of aliphatic hydroxyl groups excluding tert-OH is 1. The third-order valence-corrected chi connectivity index (χ3v) is 12.0. The summed E-state index contributed by atoms with van der Waals surface area (Å²) in [6.45, 7) is 3.36. The Hall–Kier alpha value is -0.360. The summed E-state index contributed by atoms with van der Waals surface area (Å²) in [7, 11) is 8.37. The predicted molar refractivity (Wildman–Crippen MR) is 125 cm³/mol. The van der Waals surface area contributed by atoms with Gasteiger partial charge < -0.3 is 39.0 Å². The normalized spacial score (nSPS) is 60.3. The van der Waals surface area contributed by atoms with Crippen molar-refractivity contribution in [3.63, 3.8) is 0 Å². The second kappa shape index (κ2) is 7.61. The Morgan fingerprint density at radius 2 is 1.69 bits per heavy atom. The zero-order valence-corrected chi connectivity index (χ0v) is 21.9. The fourth-order valence-electron chi connectivity index (χ4n) is 11.4. The van der Waals surface area contributed by atoms with Crippen LogP contribution in [0.15, 0.2) is 0 Å². The Bertz CT molecular complexity index is 876. The summed E-state index contributed by atoms with van der Waals surface area (Å²) in [5.74, 6) is -0.837. The van der Waals surface area contributed by atoms with Crippen LogP contribution >= 0.6 is 0 Å². The maximum atomic E-state index is 13.3. The first-order chi connectivity index (χ1) is 16.7. The van der Waals surface area contributed by atoms with Crippen molar-refractivity contribution in [2.24, 2.45) is 28.6 Å². The minimum atomic E-state index is -1.48. The first kappa shape index (κ1) is 24.9. The summed E-state index contributed by atoms with van der Waals surface area (Å²) in [6.07, 6.45) is 0.797. The van der Waals surface area contributed by atoms with Crippen LogP contribution < -0.4 is 0 Å². The zero-order valence-electron chi connectivity index (χ0n) is 21.9. The lowest BCUT2D eigenvalue weighted by Gasteiger charge is -2.72. The van der Waals surface area contributed by atoms with Gasteiger partial charge in [-0.15, -0.1) is 0 Å². The van der Waals surface area contributed by atoms with Crippen molar-refractivity contribution in [1.82, 2.24) is 4.90 Å². The van der Waals surface area contributed by atoms with E-state index in [1.807, 2.05) is 0 Å². The van der Waals surface area contributed by atoms with Crippen LogP contribution in [0.4, 0.5) is 0 Å². The van der Waals surface area contributed by atoms with Crippen molar-refractivity contribution in [3.8, 4) is 0 Å². The van der Waals surface area contributed by atoms with Gasteiger partial charge in [0.25, 0.3) is 0 Å². The molecule has 35 heavy (non-hydrogen) atoms. The molecule has 3 N–H and O–H groups in total. The van der Waals surface area contributed by atoms with Crippen LogP contribution in [-0.4, -0.2) is 123 Å². The molecule has 7 bridgehead atoms. The molecule has 0 aromatic carbocycles. The lowest BCUT2D eigenvalue weighted by molar-refractivity contribution is -0.362. The molecule has 1 heterocycles. The highest BCUT2D eigenvalue weighted by Gasteiger charge is 2.95. The van der Waals surface area contributed by atoms with Gasteiger partial charge in [-0.1, -0.05) is 6.92 Å². The van der Waals surface area contributed by atoms with Gasteiger partial charge in [0.1, 0.15) is 11.2 Å². The summed E-state index contributed by atoms with van der Waals surface area (Å²) >= 11 is 0. The molecule has 6 aliphatic rings. The third-order valence-electron chi connectivity index (χ3n) is 12.0. The maximum absolute atomic E-state index is 13.3. The standard InChI is InChI=1S/C26H43NO8/c1-7-27-12-22(13-28)9-8-16(32-3)25-19(22)20(34-5)26(30,21(25)27)24(35-6)11-15(31-2)14-10-23(25,29)18(24)17(14)33-4/h14-21,28-30H,7-13H2,1-6H3/t14?,15-,16?,17?,18?,19?,20?,21?,22-,23-,24+,25?,26?/m0/s1. The van der Waals surface area contributed by atoms with Crippen molar-refractivity contribution in [1.29, 1.82) is 0 Å². The molecule has 9 unspecified atom stereocenters. The fourth-order valence-corrected chi connectivity index (χ4v) is 11.4. The van der Waals surface area contributed by atoms with Crippen molar-refractivity contribution < 1.29 is 39.0 Å². The molecular weight excluding hydrogens is 454 g/mol. The second-order valence-corrected chi connectivity index (χ2v) is 12.2. The van der Waals surface area contributed by atoms with E-state index >= 15 is 0 Å². The molecule has 1 aliphatic heterocycles. The third kappa shape index (κ3) is 2.24. The Balaban J connectivity index is 1.75. The first-order valence-electron chi connectivity index (χ1n) is 13.2. The van der Waals surface area contributed by atoms with E-state index in [2.05, 4.69) is 11.8 Å². The van der Waals surface area contributed by atoms with Gasteiger partial charge in [0.2, 0.25) is 0 Å². The molecule has 0 aromatic heterocycles. The van der Waals surface area contributed by atoms with E-state index in [4.69, 9.17) is 23.7 Å². The van der Waals surface area contributed by atoms with Crippen LogP contribution in [0.1, 0.15) is 32.6 Å². The molecule has 13 atom stereocenters. The fraction of sp³-hybridized carbons (Fsp3) is 1.00. The Morgan fingerprint density at radius 3 is 2.23 bits per heavy atom. The highest BCUT2D eigenvalue weighted by atomic mass is 16.5. The average molecular weight is 498 g/mol. The molecule has 200 valence electrons. The summed E-state index contributed by atoms with van der Waals surface area (Å²) < 4.78 is 31.2. The highest BCUT2D eigenvalue weighted by molar-refractivity contribution is 5.45.